The third-order valence-corrected chi connectivity index (χ3v) is 6.47. The number of hydrogen-bond acceptors (Lipinski definition) is 3. The summed E-state index contributed by atoms with van der Waals surface area (Å²) in [5.74, 6) is 0.736. The molecule has 10 heteroatoms. The van der Waals surface area contributed by atoms with Gasteiger partial charge in [-0.05, 0) is 44.1 Å². The van der Waals surface area contributed by atoms with Crippen molar-refractivity contribution in [1.82, 2.24) is 14.9 Å². The molecule has 1 aromatic rings. The van der Waals surface area contributed by atoms with Gasteiger partial charge >= 0.3 is 15.5 Å². The number of alkyl halides is 3. The maximum absolute atomic E-state index is 12.6. The van der Waals surface area contributed by atoms with Crippen LogP contribution in [0.5, 0.6) is 0 Å². The van der Waals surface area contributed by atoms with Crippen molar-refractivity contribution in [3.8, 4) is 0 Å². The van der Waals surface area contributed by atoms with Crippen LogP contribution in [0, 0.1) is 5.92 Å². The van der Waals surface area contributed by atoms with Gasteiger partial charge in [0, 0.05) is 32.7 Å². The van der Waals surface area contributed by atoms with Crippen LogP contribution < -0.4 is 10.6 Å². The number of rotatable bonds is 8. The standard InChI is InChI=1S/C19H29F3N4O2S/c1-2-23-18(24-12-6-9-16-7-4-3-5-8-16)25-15-17-10-13-26(14-11-17)29(27,28)19(20,21)22/h3-5,7-8,17H,2,6,9-15H2,1H3,(H2,23,24,25). The molecule has 0 atom stereocenters. The zero-order chi connectivity index (χ0) is 21.3. The van der Waals surface area contributed by atoms with Gasteiger partial charge in [-0.3, -0.25) is 4.99 Å². The van der Waals surface area contributed by atoms with E-state index in [2.05, 4.69) is 27.8 Å². The van der Waals surface area contributed by atoms with Crippen molar-refractivity contribution in [1.29, 1.82) is 0 Å². The number of nitrogens with zero attached hydrogens (tertiary/aromatic N) is 2. The van der Waals surface area contributed by atoms with Crippen molar-refractivity contribution in [2.24, 2.45) is 10.9 Å². The number of halogens is 3. The molecule has 0 radical (unpaired) electrons. The number of sulfonamides is 1. The largest absolute Gasteiger partial charge is 0.511 e. The molecule has 2 N–H and O–H groups in total. The number of piperidine rings is 1. The molecule has 0 unspecified atom stereocenters. The van der Waals surface area contributed by atoms with Crippen LogP contribution in [0.3, 0.4) is 0 Å². The van der Waals surface area contributed by atoms with E-state index in [1.54, 1.807) is 0 Å². The van der Waals surface area contributed by atoms with Crippen molar-refractivity contribution in [3.05, 3.63) is 35.9 Å². The van der Waals surface area contributed by atoms with E-state index in [1.807, 2.05) is 25.1 Å². The molecule has 1 saturated heterocycles. The average molecular weight is 435 g/mol. The third kappa shape index (κ3) is 7.18. The van der Waals surface area contributed by atoms with Crippen LogP contribution in [-0.2, 0) is 16.4 Å². The highest BCUT2D eigenvalue weighted by atomic mass is 32.2. The molecule has 164 valence electrons. The Morgan fingerprint density at radius 2 is 1.83 bits per heavy atom. The molecule has 0 aromatic heterocycles. The Hall–Kier alpha value is -1.81. The summed E-state index contributed by atoms with van der Waals surface area (Å²) in [6.07, 6.45) is 2.64. The molecule has 1 heterocycles. The van der Waals surface area contributed by atoms with Crippen molar-refractivity contribution < 1.29 is 21.6 Å². The minimum Gasteiger partial charge on any atom is -0.357 e. The first-order valence-corrected chi connectivity index (χ1v) is 11.3. The number of nitrogens with one attached hydrogen (secondary N) is 2. The van der Waals surface area contributed by atoms with E-state index in [4.69, 9.17) is 0 Å². The highest BCUT2D eigenvalue weighted by Crippen LogP contribution is 2.30. The van der Waals surface area contributed by atoms with Crippen molar-refractivity contribution in [2.75, 3.05) is 32.7 Å². The Bertz CT molecular complexity index is 746. The van der Waals surface area contributed by atoms with Crippen molar-refractivity contribution in [2.45, 2.75) is 38.1 Å². The highest BCUT2D eigenvalue weighted by Gasteiger charge is 2.50. The van der Waals surface area contributed by atoms with Gasteiger partial charge in [0.15, 0.2) is 5.96 Å². The van der Waals surface area contributed by atoms with Gasteiger partial charge < -0.3 is 10.6 Å². The average Bonchev–Trinajstić information content (AvgIpc) is 2.69. The molecule has 0 bridgehead atoms. The number of aliphatic imine (C=N–C) groups is 1. The summed E-state index contributed by atoms with van der Waals surface area (Å²) in [6, 6.07) is 10.2. The van der Waals surface area contributed by atoms with Crippen LogP contribution in [0.1, 0.15) is 31.7 Å². The first kappa shape index (κ1) is 23.5. The van der Waals surface area contributed by atoms with E-state index in [-0.39, 0.29) is 19.0 Å². The van der Waals surface area contributed by atoms with Gasteiger partial charge in [-0.2, -0.15) is 17.5 Å². The van der Waals surface area contributed by atoms with Gasteiger partial charge in [-0.15, -0.1) is 0 Å². The summed E-state index contributed by atoms with van der Waals surface area (Å²) in [7, 11) is -5.23. The lowest BCUT2D eigenvalue weighted by atomic mass is 9.98. The van der Waals surface area contributed by atoms with Gasteiger partial charge in [0.05, 0.1) is 0 Å². The number of aryl methyl sites for hydroxylation is 1. The molecule has 1 aromatic carbocycles. The van der Waals surface area contributed by atoms with E-state index in [0.717, 1.165) is 19.4 Å². The minimum atomic E-state index is -5.24. The number of benzene rings is 1. The lowest BCUT2D eigenvalue weighted by Gasteiger charge is -2.30. The van der Waals surface area contributed by atoms with Crippen LogP contribution in [0.2, 0.25) is 0 Å². The van der Waals surface area contributed by atoms with Crippen LogP contribution in [0.4, 0.5) is 13.2 Å². The Kier molecular flexibility index (Phi) is 8.76. The Labute approximate surface area is 170 Å². The Balaban J connectivity index is 1.77. The SMILES string of the molecule is CCNC(=NCC1CCN(S(=O)(=O)C(F)(F)F)CC1)NCCCc1ccccc1. The van der Waals surface area contributed by atoms with E-state index in [1.165, 1.54) is 5.56 Å². The molecule has 0 aliphatic carbocycles. The lowest BCUT2D eigenvalue weighted by Crippen LogP contribution is -2.45. The second-order valence-corrected chi connectivity index (χ2v) is 8.96. The quantitative estimate of drug-likeness (QED) is 0.375. The predicted octanol–water partition coefficient (Wildman–Crippen LogP) is 2.74. The molecule has 6 nitrogen and oxygen atoms in total. The first-order valence-electron chi connectivity index (χ1n) is 9.86. The van der Waals surface area contributed by atoms with E-state index >= 15 is 0 Å². The zero-order valence-electron chi connectivity index (χ0n) is 16.6. The molecule has 2 rings (SSSR count). The molecular weight excluding hydrogens is 405 g/mol. The lowest BCUT2D eigenvalue weighted by molar-refractivity contribution is -0.0496. The van der Waals surface area contributed by atoms with E-state index in [9.17, 15) is 21.6 Å². The normalized spacial score (nSPS) is 17.3. The summed E-state index contributed by atoms with van der Waals surface area (Å²) >= 11 is 0. The summed E-state index contributed by atoms with van der Waals surface area (Å²) in [6.45, 7) is 3.62. The summed E-state index contributed by atoms with van der Waals surface area (Å²) in [4.78, 5) is 4.52. The van der Waals surface area contributed by atoms with Gasteiger partial charge in [0.25, 0.3) is 0 Å². The second-order valence-electron chi connectivity index (χ2n) is 7.03. The van der Waals surface area contributed by atoms with Gasteiger partial charge in [0.2, 0.25) is 0 Å². The van der Waals surface area contributed by atoms with Gasteiger partial charge in [-0.25, -0.2) is 8.42 Å². The summed E-state index contributed by atoms with van der Waals surface area (Å²) in [5.41, 5.74) is -3.96. The number of hydrogen-bond donors (Lipinski definition) is 2. The number of guanidine groups is 1. The molecular formula is C19H29F3N4O2S. The van der Waals surface area contributed by atoms with Crippen molar-refractivity contribution in [3.63, 3.8) is 0 Å². The summed E-state index contributed by atoms with van der Waals surface area (Å²) in [5, 5.41) is 6.42. The topological polar surface area (TPSA) is 73.8 Å². The fourth-order valence-corrected chi connectivity index (χ4v) is 4.17. The molecule has 1 aliphatic rings. The highest BCUT2D eigenvalue weighted by molar-refractivity contribution is 7.90. The Morgan fingerprint density at radius 1 is 1.17 bits per heavy atom. The van der Waals surface area contributed by atoms with E-state index < -0.39 is 15.5 Å². The smallest absolute Gasteiger partial charge is 0.357 e. The molecule has 29 heavy (non-hydrogen) atoms. The van der Waals surface area contributed by atoms with Crippen LogP contribution in [0.15, 0.2) is 35.3 Å². The van der Waals surface area contributed by atoms with E-state index in [0.29, 0.717) is 36.2 Å². The maximum atomic E-state index is 12.6. The second kappa shape index (κ2) is 10.8. The van der Waals surface area contributed by atoms with Crippen LogP contribution >= 0.6 is 0 Å². The van der Waals surface area contributed by atoms with Crippen molar-refractivity contribution >= 4 is 16.0 Å². The van der Waals surface area contributed by atoms with Gasteiger partial charge in [-0.1, -0.05) is 30.3 Å². The summed E-state index contributed by atoms with van der Waals surface area (Å²) < 4.78 is 61.4. The van der Waals surface area contributed by atoms with Gasteiger partial charge in [0.1, 0.15) is 0 Å². The predicted molar refractivity (Wildman–Crippen MR) is 108 cm³/mol. The molecule has 0 amide bonds. The maximum Gasteiger partial charge on any atom is 0.511 e. The van der Waals surface area contributed by atoms with Crippen LogP contribution in [-0.4, -0.2) is 56.9 Å². The fourth-order valence-electron chi connectivity index (χ4n) is 3.18. The molecule has 1 fully saturated rings. The zero-order valence-corrected chi connectivity index (χ0v) is 17.4. The fraction of sp³-hybridized carbons (Fsp3) is 0.632. The molecule has 0 saturated carbocycles. The minimum absolute atomic E-state index is 0.0643. The molecule has 1 aliphatic heterocycles. The monoisotopic (exact) mass is 434 g/mol. The third-order valence-electron chi connectivity index (χ3n) is 4.84. The van der Waals surface area contributed by atoms with Crippen LogP contribution in [0.25, 0.3) is 0 Å². The Morgan fingerprint density at radius 3 is 2.41 bits per heavy atom. The molecule has 0 spiro atoms. The first-order chi connectivity index (χ1) is 13.7.